The molecule has 1 atom stereocenters. The summed E-state index contributed by atoms with van der Waals surface area (Å²) in [4.78, 5) is 13.2. The van der Waals surface area contributed by atoms with Crippen LogP contribution in [-0.2, 0) is 4.79 Å². The lowest BCUT2D eigenvalue weighted by atomic mass is 10.0. The van der Waals surface area contributed by atoms with E-state index in [2.05, 4.69) is 15.3 Å². The molecule has 1 aliphatic rings. The number of nitrogens with zero attached hydrogens (tertiary/aromatic N) is 5. The predicted octanol–water partition coefficient (Wildman–Crippen LogP) is 4.51. The molecule has 172 valence electrons. The quantitative estimate of drug-likeness (QED) is 0.311. The lowest BCUT2D eigenvalue weighted by Crippen LogP contribution is -2.28. The van der Waals surface area contributed by atoms with Crippen LogP contribution < -0.4 is 5.84 Å². The fourth-order valence-corrected chi connectivity index (χ4v) is 4.49. The number of nitrogens with two attached hydrogens (primary N) is 1. The van der Waals surface area contributed by atoms with Crippen LogP contribution in [0.3, 0.4) is 0 Å². The first-order valence-corrected chi connectivity index (χ1v) is 11.6. The number of hydrogen-bond acceptors (Lipinski definition) is 7. The molecule has 2 N–H and O–H groups in total. The number of rotatable bonds is 6. The molecule has 11 heteroatoms. The van der Waals surface area contributed by atoms with Crippen molar-refractivity contribution in [3.8, 4) is 11.4 Å². The summed E-state index contributed by atoms with van der Waals surface area (Å²) in [5, 5.41) is 14.9. The molecule has 2 aromatic heterocycles. The summed E-state index contributed by atoms with van der Waals surface area (Å²) >= 11 is 7.10. The molecule has 34 heavy (non-hydrogen) atoms. The van der Waals surface area contributed by atoms with Gasteiger partial charge in [-0.2, -0.15) is 5.10 Å². The SMILES string of the molecule is Nn1c(SCC(=O)N2N=C(c3ccc(Cl)cc3)C[C@H]2c2ccco2)nnc1-c1ccccc1F. The first kappa shape index (κ1) is 22.2. The summed E-state index contributed by atoms with van der Waals surface area (Å²) in [6.07, 6.45) is 2.06. The van der Waals surface area contributed by atoms with Gasteiger partial charge in [0.05, 0.1) is 23.3 Å². The minimum Gasteiger partial charge on any atom is -0.467 e. The predicted molar refractivity (Wildman–Crippen MR) is 127 cm³/mol. The van der Waals surface area contributed by atoms with Crippen molar-refractivity contribution in [2.45, 2.75) is 17.6 Å². The Morgan fingerprint density at radius 1 is 1.15 bits per heavy atom. The zero-order valence-electron chi connectivity index (χ0n) is 17.6. The zero-order chi connectivity index (χ0) is 23.7. The fraction of sp³-hybridized carbons (Fsp3) is 0.130. The molecule has 0 saturated heterocycles. The van der Waals surface area contributed by atoms with E-state index in [1.165, 1.54) is 15.8 Å². The van der Waals surface area contributed by atoms with Gasteiger partial charge in [0.25, 0.3) is 5.91 Å². The number of hydrogen-bond donors (Lipinski definition) is 1. The minimum atomic E-state index is -0.461. The Labute approximate surface area is 203 Å². The molecule has 0 spiro atoms. The van der Waals surface area contributed by atoms with Gasteiger partial charge in [-0.05, 0) is 42.0 Å². The van der Waals surface area contributed by atoms with Gasteiger partial charge in [0.15, 0.2) is 5.82 Å². The van der Waals surface area contributed by atoms with Crippen molar-refractivity contribution in [2.75, 3.05) is 11.6 Å². The molecule has 8 nitrogen and oxygen atoms in total. The van der Waals surface area contributed by atoms with Gasteiger partial charge in [-0.25, -0.2) is 14.1 Å². The van der Waals surface area contributed by atoms with Crippen molar-refractivity contribution in [3.05, 3.63) is 89.1 Å². The molecule has 0 radical (unpaired) electrons. The van der Waals surface area contributed by atoms with Gasteiger partial charge in [0.2, 0.25) is 5.16 Å². The number of furan rings is 1. The van der Waals surface area contributed by atoms with Crippen LogP contribution in [0.1, 0.15) is 23.8 Å². The maximum atomic E-state index is 14.1. The van der Waals surface area contributed by atoms with Crippen LogP contribution in [-0.4, -0.2) is 37.3 Å². The van der Waals surface area contributed by atoms with Crippen LogP contribution >= 0.6 is 23.4 Å². The molecule has 4 aromatic rings. The van der Waals surface area contributed by atoms with Gasteiger partial charge in [-0.15, -0.1) is 10.2 Å². The summed E-state index contributed by atoms with van der Waals surface area (Å²) in [5.74, 6) is 6.17. The van der Waals surface area contributed by atoms with Crippen LogP contribution in [0.15, 0.2) is 81.6 Å². The van der Waals surface area contributed by atoms with Crippen molar-refractivity contribution in [1.29, 1.82) is 0 Å². The van der Waals surface area contributed by atoms with Crippen LogP contribution in [0.25, 0.3) is 11.4 Å². The second-order valence-corrected chi connectivity index (χ2v) is 8.85. The highest BCUT2D eigenvalue weighted by Crippen LogP contribution is 2.34. The van der Waals surface area contributed by atoms with Gasteiger partial charge >= 0.3 is 0 Å². The van der Waals surface area contributed by atoms with Crippen molar-refractivity contribution in [3.63, 3.8) is 0 Å². The Kier molecular flexibility index (Phi) is 6.08. The van der Waals surface area contributed by atoms with Crippen molar-refractivity contribution in [1.82, 2.24) is 19.9 Å². The number of hydrazone groups is 1. The van der Waals surface area contributed by atoms with E-state index in [0.717, 1.165) is 23.0 Å². The molecule has 3 heterocycles. The van der Waals surface area contributed by atoms with Crippen LogP contribution in [0.4, 0.5) is 4.39 Å². The highest BCUT2D eigenvalue weighted by atomic mass is 35.5. The highest BCUT2D eigenvalue weighted by molar-refractivity contribution is 7.99. The maximum absolute atomic E-state index is 14.1. The molecule has 1 aliphatic heterocycles. The number of halogens is 2. The smallest absolute Gasteiger partial charge is 0.253 e. The van der Waals surface area contributed by atoms with Crippen molar-refractivity contribution >= 4 is 35.0 Å². The second kappa shape index (κ2) is 9.32. The van der Waals surface area contributed by atoms with E-state index in [1.807, 2.05) is 18.2 Å². The van der Waals surface area contributed by atoms with E-state index in [4.69, 9.17) is 21.9 Å². The monoisotopic (exact) mass is 496 g/mol. The van der Waals surface area contributed by atoms with Gasteiger partial charge in [0.1, 0.15) is 17.6 Å². The number of amides is 1. The lowest BCUT2D eigenvalue weighted by molar-refractivity contribution is -0.130. The lowest BCUT2D eigenvalue weighted by Gasteiger charge is -2.19. The molecular formula is C23H18ClFN6O2S. The van der Waals surface area contributed by atoms with E-state index in [0.29, 0.717) is 17.2 Å². The van der Waals surface area contributed by atoms with E-state index < -0.39 is 5.82 Å². The van der Waals surface area contributed by atoms with Crippen LogP contribution in [0.2, 0.25) is 5.02 Å². The molecule has 2 aromatic carbocycles. The number of aromatic nitrogens is 3. The molecular weight excluding hydrogens is 479 g/mol. The molecule has 0 unspecified atom stereocenters. The average Bonchev–Trinajstić information content (AvgIpc) is 3.59. The van der Waals surface area contributed by atoms with Gasteiger partial charge in [0, 0.05) is 11.4 Å². The summed E-state index contributed by atoms with van der Waals surface area (Å²) in [6.45, 7) is 0. The van der Waals surface area contributed by atoms with E-state index in [-0.39, 0.29) is 34.2 Å². The number of nitrogen functional groups attached to an aromatic ring is 1. The largest absolute Gasteiger partial charge is 0.467 e. The normalized spacial score (nSPS) is 15.5. The van der Waals surface area contributed by atoms with Gasteiger partial charge in [-0.1, -0.05) is 47.6 Å². The third kappa shape index (κ3) is 4.29. The number of benzene rings is 2. The summed E-state index contributed by atoms with van der Waals surface area (Å²) < 4.78 is 20.9. The minimum absolute atomic E-state index is 0.00120. The Balaban J connectivity index is 1.35. The van der Waals surface area contributed by atoms with E-state index in [9.17, 15) is 9.18 Å². The summed E-state index contributed by atoms with van der Waals surface area (Å²) in [5.41, 5.74) is 1.85. The third-order valence-corrected chi connectivity index (χ3v) is 6.50. The first-order chi connectivity index (χ1) is 16.5. The van der Waals surface area contributed by atoms with Gasteiger partial charge < -0.3 is 10.3 Å². The fourth-order valence-electron chi connectivity index (χ4n) is 3.65. The molecule has 5 rings (SSSR count). The molecule has 1 amide bonds. The van der Waals surface area contributed by atoms with Crippen LogP contribution in [0, 0.1) is 5.82 Å². The highest BCUT2D eigenvalue weighted by Gasteiger charge is 2.35. The maximum Gasteiger partial charge on any atom is 0.253 e. The molecule has 0 bridgehead atoms. The number of thioether (sulfide) groups is 1. The zero-order valence-corrected chi connectivity index (χ0v) is 19.2. The standard InChI is InChI=1S/C23H18ClFN6O2S/c24-15-9-7-14(8-10-15)18-12-19(20-6-3-11-33-20)31(29-18)21(32)13-34-23-28-27-22(30(23)26)16-4-1-2-5-17(16)25/h1-11,19H,12-13,26H2/t19-/m0/s1. The van der Waals surface area contributed by atoms with Crippen LogP contribution in [0.5, 0.6) is 0 Å². The average molecular weight is 497 g/mol. The summed E-state index contributed by atoms with van der Waals surface area (Å²) in [7, 11) is 0. The van der Waals surface area contributed by atoms with E-state index >= 15 is 0 Å². The van der Waals surface area contributed by atoms with Gasteiger partial charge in [-0.3, -0.25) is 4.79 Å². The Morgan fingerprint density at radius 3 is 2.68 bits per heavy atom. The Hall–Kier alpha value is -3.63. The topological polar surface area (TPSA) is 103 Å². The number of carbonyl (C=O) groups is 1. The summed E-state index contributed by atoms with van der Waals surface area (Å²) in [6, 6.07) is 16.6. The molecule has 0 saturated carbocycles. The van der Waals surface area contributed by atoms with Crippen molar-refractivity contribution < 1.29 is 13.6 Å². The van der Waals surface area contributed by atoms with E-state index in [1.54, 1.807) is 42.7 Å². The number of carbonyl (C=O) groups excluding carboxylic acids is 1. The molecule has 0 fully saturated rings. The Bertz CT molecular complexity index is 1360. The molecule has 0 aliphatic carbocycles. The second-order valence-electron chi connectivity index (χ2n) is 7.47. The Morgan fingerprint density at radius 2 is 1.94 bits per heavy atom. The van der Waals surface area contributed by atoms with Crippen molar-refractivity contribution in [2.24, 2.45) is 5.10 Å². The third-order valence-electron chi connectivity index (χ3n) is 5.32. The first-order valence-electron chi connectivity index (χ1n) is 10.3.